The van der Waals surface area contributed by atoms with Crippen LogP contribution in [-0.4, -0.2) is 15.5 Å². The van der Waals surface area contributed by atoms with E-state index in [1.807, 2.05) is 48.1 Å². The van der Waals surface area contributed by atoms with Gasteiger partial charge in [-0.2, -0.15) is 0 Å². The summed E-state index contributed by atoms with van der Waals surface area (Å²) in [5.41, 5.74) is 1.72. The summed E-state index contributed by atoms with van der Waals surface area (Å²) in [6, 6.07) is 15.3. The second kappa shape index (κ2) is 7.08. The van der Waals surface area contributed by atoms with Crippen molar-refractivity contribution in [3.8, 4) is 0 Å². The molecular weight excluding hydrogens is 305 g/mol. The first kappa shape index (κ1) is 15.9. The number of aromatic nitrogens is 2. The molecule has 122 valence electrons. The van der Waals surface area contributed by atoms with Crippen molar-refractivity contribution < 1.29 is 9.18 Å². The number of nitrogens with zero attached hydrogens (tertiary/aromatic N) is 2. The number of carbonyl (C=O) groups is 1. The van der Waals surface area contributed by atoms with Gasteiger partial charge in [-0.25, -0.2) is 9.37 Å². The lowest BCUT2D eigenvalue weighted by Crippen LogP contribution is -2.20. The molecule has 3 rings (SSSR count). The summed E-state index contributed by atoms with van der Waals surface area (Å²) in [5.74, 6) is 0.0971. The van der Waals surface area contributed by atoms with Gasteiger partial charge in [0, 0.05) is 18.1 Å². The predicted molar refractivity (Wildman–Crippen MR) is 91.2 cm³/mol. The van der Waals surface area contributed by atoms with Gasteiger partial charge in [0.1, 0.15) is 11.6 Å². The fourth-order valence-corrected chi connectivity index (χ4v) is 2.62. The largest absolute Gasteiger partial charge is 0.346 e. The molecule has 0 aliphatic heterocycles. The van der Waals surface area contributed by atoms with E-state index in [1.54, 1.807) is 18.2 Å². The Kier molecular flexibility index (Phi) is 4.70. The molecular formula is C19H18FN3O. The maximum absolute atomic E-state index is 13.2. The Labute approximate surface area is 140 Å². The number of carbonyl (C=O) groups excluding carboxylic acids is 1. The molecule has 0 unspecified atom stereocenters. The smallest absolute Gasteiger partial charge is 0.227 e. The van der Waals surface area contributed by atoms with Crippen LogP contribution in [-0.2, 0) is 4.79 Å². The molecule has 1 amide bonds. The van der Waals surface area contributed by atoms with Gasteiger partial charge >= 0.3 is 0 Å². The van der Waals surface area contributed by atoms with Gasteiger partial charge in [-0.15, -0.1) is 0 Å². The van der Waals surface area contributed by atoms with E-state index in [4.69, 9.17) is 0 Å². The van der Waals surface area contributed by atoms with Crippen molar-refractivity contribution in [1.82, 2.24) is 9.55 Å². The van der Waals surface area contributed by atoms with Crippen LogP contribution in [0.1, 0.15) is 23.7 Å². The van der Waals surface area contributed by atoms with Crippen molar-refractivity contribution in [1.29, 1.82) is 0 Å². The van der Waals surface area contributed by atoms with Crippen molar-refractivity contribution in [2.24, 2.45) is 0 Å². The maximum Gasteiger partial charge on any atom is 0.227 e. The standard InChI is InChI=1S/C19H18FN3O/c1-14-5-4-6-18(21-14)22-19(24)13-17(23-11-2-3-12-23)15-7-9-16(20)10-8-15/h2-12,17H,13H2,1H3,(H,21,22,24)/t17-/m0/s1. The fraction of sp³-hybridized carbons (Fsp3) is 0.158. The van der Waals surface area contributed by atoms with Gasteiger partial charge < -0.3 is 9.88 Å². The summed E-state index contributed by atoms with van der Waals surface area (Å²) in [5, 5.41) is 2.82. The lowest BCUT2D eigenvalue weighted by atomic mass is 10.0. The van der Waals surface area contributed by atoms with Crippen molar-refractivity contribution in [3.05, 3.63) is 84.1 Å². The Morgan fingerprint density at radius 1 is 1.12 bits per heavy atom. The van der Waals surface area contributed by atoms with E-state index in [9.17, 15) is 9.18 Å². The van der Waals surface area contributed by atoms with Gasteiger partial charge in [-0.1, -0.05) is 18.2 Å². The second-order valence-corrected chi connectivity index (χ2v) is 5.61. The number of nitrogens with one attached hydrogen (secondary N) is 1. The molecule has 1 N–H and O–H groups in total. The second-order valence-electron chi connectivity index (χ2n) is 5.61. The highest BCUT2D eigenvalue weighted by atomic mass is 19.1. The lowest BCUT2D eigenvalue weighted by Gasteiger charge is -2.19. The summed E-state index contributed by atoms with van der Waals surface area (Å²) in [6.07, 6.45) is 4.02. The van der Waals surface area contributed by atoms with E-state index in [0.717, 1.165) is 11.3 Å². The van der Waals surface area contributed by atoms with Crippen molar-refractivity contribution in [3.63, 3.8) is 0 Å². The topological polar surface area (TPSA) is 46.9 Å². The number of benzene rings is 1. The minimum atomic E-state index is -0.293. The molecule has 1 aromatic carbocycles. The molecule has 0 fully saturated rings. The summed E-state index contributed by atoms with van der Waals surface area (Å²) in [7, 11) is 0. The van der Waals surface area contributed by atoms with Gasteiger partial charge in [-0.05, 0) is 48.9 Å². The summed E-state index contributed by atoms with van der Waals surface area (Å²) < 4.78 is 15.1. The molecule has 4 nitrogen and oxygen atoms in total. The van der Waals surface area contributed by atoms with E-state index in [-0.39, 0.29) is 24.2 Å². The number of halogens is 1. The van der Waals surface area contributed by atoms with Crippen molar-refractivity contribution >= 4 is 11.7 Å². The number of hydrogen-bond acceptors (Lipinski definition) is 2. The van der Waals surface area contributed by atoms with Crippen LogP contribution < -0.4 is 5.32 Å². The first-order valence-electron chi connectivity index (χ1n) is 7.73. The van der Waals surface area contributed by atoms with E-state index in [2.05, 4.69) is 10.3 Å². The van der Waals surface area contributed by atoms with Gasteiger partial charge in [0.2, 0.25) is 5.91 Å². The zero-order valence-corrected chi connectivity index (χ0v) is 13.3. The first-order valence-corrected chi connectivity index (χ1v) is 7.73. The van der Waals surface area contributed by atoms with Crippen LogP contribution in [0.4, 0.5) is 10.2 Å². The van der Waals surface area contributed by atoms with Crippen LogP contribution in [0.2, 0.25) is 0 Å². The van der Waals surface area contributed by atoms with E-state index in [0.29, 0.717) is 5.82 Å². The average Bonchev–Trinajstić information content (AvgIpc) is 3.08. The summed E-state index contributed by atoms with van der Waals surface area (Å²) in [6.45, 7) is 1.87. The summed E-state index contributed by atoms with van der Waals surface area (Å²) in [4.78, 5) is 16.7. The Morgan fingerprint density at radius 3 is 2.50 bits per heavy atom. The maximum atomic E-state index is 13.2. The third-order valence-corrected chi connectivity index (χ3v) is 3.78. The van der Waals surface area contributed by atoms with Crippen LogP contribution in [0.5, 0.6) is 0 Å². The van der Waals surface area contributed by atoms with Crippen LogP contribution in [0.3, 0.4) is 0 Å². The molecule has 0 spiro atoms. The Morgan fingerprint density at radius 2 is 1.83 bits per heavy atom. The molecule has 2 heterocycles. The quantitative estimate of drug-likeness (QED) is 0.773. The van der Waals surface area contributed by atoms with Crippen LogP contribution >= 0.6 is 0 Å². The minimum absolute atomic E-state index is 0.142. The number of aryl methyl sites for hydroxylation is 1. The molecule has 5 heteroatoms. The SMILES string of the molecule is Cc1cccc(NC(=O)C[C@@H](c2ccc(F)cc2)n2cccc2)n1. The zero-order chi connectivity index (χ0) is 16.9. The van der Waals surface area contributed by atoms with Crippen LogP contribution in [0, 0.1) is 12.7 Å². The lowest BCUT2D eigenvalue weighted by molar-refractivity contribution is -0.116. The zero-order valence-electron chi connectivity index (χ0n) is 13.3. The molecule has 3 aromatic rings. The molecule has 0 saturated carbocycles. The predicted octanol–water partition coefficient (Wildman–Crippen LogP) is 3.95. The molecule has 0 bridgehead atoms. The third-order valence-electron chi connectivity index (χ3n) is 3.78. The number of hydrogen-bond donors (Lipinski definition) is 1. The molecule has 0 saturated heterocycles. The molecule has 0 aliphatic rings. The van der Waals surface area contributed by atoms with Crippen LogP contribution in [0.25, 0.3) is 0 Å². The van der Waals surface area contributed by atoms with Crippen molar-refractivity contribution in [2.45, 2.75) is 19.4 Å². The molecule has 2 aromatic heterocycles. The Hall–Kier alpha value is -2.95. The number of amides is 1. The van der Waals surface area contributed by atoms with Gasteiger partial charge in [0.05, 0.1) is 12.5 Å². The molecule has 0 radical (unpaired) electrons. The van der Waals surface area contributed by atoms with E-state index < -0.39 is 0 Å². The minimum Gasteiger partial charge on any atom is -0.346 e. The number of rotatable bonds is 5. The van der Waals surface area contributed by atoms with Crippen LogP contribution in [0.15, 0.2) is 67.0 Å². The highest BCUT2D eigenvalue weighted by Gasteiger charge is 2.18. The Bertz CT molecular complexity index is 813. The normalized spacial score (nSPS) is 11.9. The molecule has 24 heavy (non-hydrogen) atoms. The van der Waals surface area contributed by atoms with Crippen molar-refractivity contribution in [2.75, 3.05) is 5.32 Å². The highest BCUT2D eigenvalue weighted by molar-refractivity contribution is 5.90. The monoisotopic (exact) mass is 323 g/mol. The molecule has 1 atom stereocenters. The van der Waals surface area contributed by atoms with Gasteiger partial charge in [-0.3, -0.25) is 4.79 Å². The van der Waals surface area contributed by atoms with E-state index >= 15 is 0 Å². The first-order chi connectivity index (χ1) is 11.6. The average molecular weight is 323 g/mol. The summed E-state index contributed by atoms with van der Waals surface area (Å²) >= 11 is 0. The highest BCUT2D eigenvalue weighted by Crippen LogP contribution is 2.23. The Balaban J connectivity index is 1.79. The van der Waals surface area contributed by atoms with Gasteiger partial charge in [0.25, 0.3) is 0 Å². The molecule has 0 aliphatic carbocycles. The fourth-order valence-electron chi connectivity index (χ4n) is 2.62. The number of pyridine rings is 1. The van der Waals surface area contributed by atoms with E-state index in [1.165, 1.54) is 12.1 Å². The van der Waals surface area contributed by atoms with Gasteiger partial charge in [0.15, 0.2) is 0 Å². The number of anilines is 1. The third kappa shape index (κ3) is 3.87.